The highest BCUT2D eigenvalue weighted by atomic mass is 32.2. The number of aliphatic carboxylic acids is 1. The van der Waals surface area contributed by atoms with Crippen molar-refractivity contribution in [2.75, 3.05) is 6.61 Å². The minimum atomic E-state index is -3.89. The lowest BCUT2D eigenvalue weighted by Crippen LogP contribution is -2.32. The van der Waals surface area contributed by atoms with Crippen LogP contribution >= 0.6 is 0 Å². The Hall–Kier alpha value is -2.52. The van der Waals surface area contributed by atoms with Gasteiger partial charge in [-0.05, 0) is 44.4 Å². The van der Waals surface area contributed by atoms with E-state index >= 15 is 0 Å². The third-order valence-electron chi connectivity index (χ3n) is 4.61. The SMILES string of the molecule is Cc1ccc(S(=O)(=O)OCCc2cc(C)c(=O)n(C[C@H](CC(C)C)C(=O)O)n2)cc1. The van der Waals surface area contributed by atoms with Crippen molar-refractivity contribution in [1.82, 2.24) is 9.78 Å². The molecule has 0 unspecified atom stereocenters. The summed E-state index contributed by atoms with van der Waals surface area (Å²) in [7, 11) is -3.89. The predicted molar refractivity (Wildman–Crippen MR) is 112 cm³/mol. The first kappa shape index (κ1) is 23.8. The first-order chi connectivity index (χ1) is 14.0. The number of nitrogens with zero attached hydrogens (tertiary/aromatic N) is 2. The molecule has 0 aliphatic heterocycles. The normalized spacial score (nSPS) is 12.8. The summed E-state index contributed by atoms with van der Waals surface area (Å²) in [6.07, 6.45) is 0.582. The van der Waals surface area contributed by atoms with Crippen LogP contribution in [0.15, 0.2) is 40.0 Å². The Morgan fingerprint density at radius 1 is 1.20 bits per heavy atom. The van der Waals surface area contributed by atoms with Gasteiger partial charge in [-0.2, -0.15) is 13.5 Å². The van der Waals surface area contributed by atoms with Crippen LogP contribution in [-0.4, -0.2) is 35.9 Å². The summed E-state index contributed by atoms with van der Waals surface area (Å²) in [4.78, 5) is 24.0. The molecule has 0 spiro atoms. The quantitative estimate of drug-likeness (QED) is 0.569. The summed E-state index contributed by atoms with van der Waals surface area (Å²) in [6.45, 7) is 7.13. The van der Waals surface area contributed by atoms with Gasteiger partial charge in [-0.25, -0.2) is 4.68 Å². The van der Waals surface area contributed by atoms with Gasteiger partial charge in [-0.1, -0.05) is 31.5 Å². The summed E-state index contributed by atoms with van der Waals surface area (Å²) >= 11 is 0. The maximum atomic E-state index is 12.4. The average Bonchev–Trinajstić information content (AvgIpc) is 2.64. The second kappa shape index (κ2) is 9.99. The molecule has 2 rings (SSSR count). The first-order valence-corrected chi connectivity index (χ1v) is 11.2. The van der Waals surface area contributed by atoms with Crippen LogP contribution in [0.5, 0.6) is 0 Å². The van der Waals surface area contributed by atoms with E-state index in [9.17, 15) is 23.1 Å². The van der Waals surface area contributed by atoms with Gasteiger partial charge in [0.2, 0.25) is 0 Å². The standard InChI is InChI=1S/C21H28N2O6S/c1-14(2)11-17(21(25)26)13-23-20(24)16(4)12-18(22-23)9-10-29-30(27,28)19-7-5-15(3)6-8-19/h5-8,12,14,17H,9-11,13H2,1-4H3,(H,25,26)/t17-/m0/s1. The van der Waals surface area contributed by atoms with Crippen LogP contribution in [0.2, 0.25) is 0 Å². The Morgan fingerprint density at radius 2 is 1.83 bits per heavy atom. The monoisotopic (exact) mass is 436 g/mol. The van der Waals surface area contributed by atoms with Crippen molar-refractivity contribution >= 4 is 16.1 Å². The van der Waals surface area contributed by atoms with Crippen molar-refractivity contribution in [3.05, 3.63) is 57.5 Å². The molecule has 164 valence electrons. The molecule has 0 saturated carbocycles. The highest BCUT2D eigenvalue weighted by Gasteiger charge is 2.21. The second-order valence-electron chi connectivity index (χ2n) is 7.81. The number of aromatic nitrogens is 2. The van der Waals surface area contributed by atoms with E-state index in [1.54, 1.807) is 25.1 Å². The van der Waals surface area contributed by atoms with Crippen molar-refractivity contribution in [3.63, 3.8) is 0 Å². The minimum absolute atomic E-state index is 0.0381. The van der Waals surface area contributed by atoms with Gasteiger partial charge in [0.1, 0.15) is 0 Å². The third kappa shape index (κ3) is 6.50. The molecule has 0 amide bonds. The highest BCUT2D eigenvalue weighted by Crippen LogP contribution is 2.15. The highest BCUT2D eigenvalue weighted by molar-refractivity contribution is 7.86. The second-order valence-corrected chi connectivity index (χ2v) is 9.43. The Kier molecular flexibility index (Phi) is 7.91. The number of carboxylic acids is 1. The zero-order chi connectivity index (χ0) is 22.5. The number of carbonyl (C=O) groups is 1. The van der Waals surface area contributed by atoms with Gasteiger partial charge in [0.05, 0.1) is 29.7 Å². The van der Waals surface area contributed by atoms with E-state index in [1.807, 2.05) is 20.8 Å². The molecule has 0 radical (unpaired) electrons. The van der Waals surface area contributed by atoms with Crippen molar-refractivity contribution < 1.29 is 22.5 Å². The topological polar surface area (TPSA) is 116 Å². The lowest BCUT2D eigenvalue weighted by atomic mass is 9.97. The van der Waals surface area contributed by atoms with Crippen LogP contribution < -0.4 is 5.56 Å². The van der Waals surface area contributed by atoms with Crippen molar-refractivity contribution in [2.24, 2.45) is 11.8 Å². The molecule has 0 aliphatic carbocycles. The fourth-order valence-electron chi connectivity index (χ4n) is 3.05. The fourth-order valence-corrected chi connectivity index (χ4v) is 3.96. The minimum Gasteiger partial charge on any atom is -0.481 e. The molecule has 9 heteroatoms. The maximum absolute atomic E-state index is 12.4. The molecule has 2 aromatic rings. The van der Waals surface area contributed by atoms with Gasteiger partial charge < -0.3 is 5.11 Å². The molecule has 8 nitrogen and oxygen atoms in total. The lowest BCUT2D eigenvalue weighted by Gasteiger charge is -2.16. The Morgan fingerprint density at radius 3 is 2.40 bits per heavy atom. The zero-order valence-corrected chi connectivity index (χ0v) is 18.5. The summed E-state index contributed by atoms with van der Waals surface area (Å²) < 4.78 is 30.8. The number of hydrogen-bond acceptors (Lipinski definition) is 6. The third-order valence-corrected chi connectivity index (χ3v) is 5.94. The smallest absolute Gasteiger partial charge is 0.308 e. The summed E-state index contributed by atoms with van der Waals surface area (Å²) in [5.74, 6) is -1.55. The maximum Gasteiger partial charge on any atom is 0.308 e. The molecule has 0 aliphatic rings. The van der Waals surface area contributed by atoms with Gasteiger partial charge >= 0.3 is 5.97 Å². The van der Waals surface area contributed by atoms with E-state index in [2.05, 4.69) is 5.10 Å². The molecule has 30 heavy (non-hydrogen) atoms. The predicted octanol–water partition coefficient (Wildman–Crippen LogP) is 2.56. The van der Waals surface area contributed by atoms with Crippen LogP contribution in [-0.2, 0) is 32.1 Å². The first-order valence-electron chi connectivity index (χ1n) is 9.76. The van der Waals surface area contributed by atoms with E-state index < -0.39 is 22.0 Å². The number of aryl methyl sites for hydroxylation is 2. The van der Waals surface area contributed by atoms with E-state index in [0.29, 0.717) is 17.7 Å². The van der Waals surface area contributed by atoms with E-state index in [1.165, 1.54) is 12.1 Å². The van der Waals surface area contributed by atoms with E-state index in [4.69, 9.17) is 4.18 Å². The molecule has 0 saturated heterocycles. The van der Waals surface area contributed by atoms with Crippen LogP contribution in [0, 0.1) is 25.7 Å². The van der Waals surface area contributed by atoms with Crippen LogP contribution in [0.1, 0.15) is 37.1 Å². The molecule has 1 aromatic heterocycles. The fraction of sp³-hybridized carbons (Fsp3) is 0.476. The molecule has 1 heterocycles. The van der Waals surface area contributed by atoms with E-state index in [-0.39, 0.29) is 35.9 Å². The number of rotatable bonds is 10. The van der Waals surface area contributed by atoms with E-state index in [0.717, 1.165) is 10.2 Å². The molecular weight excluding hydrogens is 408 g/mol. The lowest BCUT2D eigenvalue weighted by molar-refractivity contribution is -0.142. The number of benzene rings is 1. The van der Waals surface area contributed by atoms with Crippen molar-refractivity contribution in [1.29, 1.82) is 0 Å². The summed E-state index contributed by atoms with van der Waals surface area (Å²) in [5, 5.41) is 13.7. The Labute approximate surface area is 176 Å². The molecule has 1 atom stereocenters. The molecule has 0 fully saturated rings. The van der Waals surface area contributed by atoms with Crippen LogP contribution in [0.3, 0.4) is 0 Å². The van der Waals surface area contributed by atoms with Gasteiger partial charge in [-0.15, -0.1) is 0 Å². The average molecular weight is 437 g/mol. The van der Waals surface area contributed by atoms with Gasteiger partial charge in [0.25, 0.3) is 15.7 Å². The van der Waals surface area contributed by atoms with Gasteiger partial charge in [-0.3, -0.25) is 13.8 Å². The molecule has 1 N–H and O–H groups in total. The summed E-state index contributed by atoms with van der Waals surface area (Å²) in [5.41, 5.74) is 1.45. The molecule has 1 aromatic carbocycles. The Balaban J connectivity index is 2.12. The van der Waals surface area contributed by atoms with Crippen molar-refractivity contribution in [3.8, 4) is 0 Å². The molecular formula is C21H28N2O6S. The Bertz CT molecular complexity index is 1040. The summed E-state index contributed by atoms with van der Waals surface area (Å²) in [6, 6.07) is 7.90. The van der Waals surface area contributed by atoms with Crippen molar-refractivity contribution in [2.45, 2.75) is 52.0 Å². The van der Waals surface area contributed by atoms with Gasteiger partial charge in [0, 0.05) is 12.0 Å². The molecule has 0 bridgehead atoms. The van der Waals surface area contributed by atoms with Crippen LogP contribution in [0.4, 0.5) is 0 Å². The number of hydrogen-bond donors (Lipinski definition) is 1. The van der Waals surface area contributed by atoms with Crippen LogP contribution in [0.25, 0.3) is 0 Å². The largest absolute Gasteiger partial charge is 0.481 e. The zero-order valence-electron chi connectivity index (χ0n) is 17.7. The van der Waals surface area contributed by atoms with Gasteiger partial charge in [0.15, 0.2) is 0 Å². The number of carboxylic acid groups (broad SMARTS) is 1.